The summed E-state index contributed by atoms with van der Waals surface area (Å²) in [5, 5.41) is 20.7. The highest BCUT2D eigenvalue weighted by Gasteiger charge is 2.63. The van der Waals surface area contributed by atoms with Gasteiger partial charge in [-0.25, -0.2) is 0 Å². The number of aromatic nitrogens is 1. The van der Waals surface area contributed by atoms with Gasteiger partial charge in [-0.1, -0.05) is 66.7 Å². The van der Waals surface area contributed by atoms with Crippen LogP contribution in [-0.4, -0.2) is 22.9 Å². The number of anilines is 1. The molecule has 2 aliphatic heterocycles. The Morgan fingerprint density at radius 1 is 0.968 bits per heavy atom. The van der Waals surface area contributed by atoms with Gasteiger partial charge >= 0.3 is 0 Å². The third-order valence-electron chi connectivity index (χ3n) is 6.29. The first kappa shape index (κ1) is 18.8. The lowest BCUT2D eigenvalue weighted by molar-refractivity contribution is 0.0951. The SMILES string of the molecule is N#CC1(C#N)[C@H](c2cccnc2)[C@@H](C(=O)c2ccccc2)N2c3ccccc3C=C[C@H]21. The fraction of sp³-hybridized carbons (Fsp3) is 0.154. The van der Waals surface area contributed by atoms with E-state index in [0.717, 1.165) is 11.3 Å². The number of ketones is 1. The van der Waals surface area contributed by atoms with Crippen LogP contribution in [0.5, 0.6) is 0 Å². The van der Waals surface area contributed by atoms with E-state index in [1.54, 1.807) is 30.6 Å². The summed E-state index contributed by atoms with van der Waals surface area (Å²) in [6.45, 7) is 0. The predicted octanol–water partition coefficient (Wildman–Crippen LogP) is 4.37. The molecule has 1 aromatic heterocycles. The number of hydrogen-bond acceptors (Lipinski definition) is 5. The Morgan fingerprint density at radius 2 is 1.71 bits per heavy atom. The van der Waals surface area contributed by atoms with Crippen LogP contribution in [0.25, 0.3) is 6.08 Å². The van der Waals surface area contributed by atoms with Gasteiger partial charge in [-0.05, 0) is 23.3 Å². The summed E-state index contributed by atoms with van der Waals surface area (Å²) in [7, 11) is 0. The largest absolute Gasteiger partial charge is 0.351 e. The molecule has 3 aromatic rings. The van der Waals surface area contributed by atoms with Gasteiger partial charge in [0, 0.05) is 29.6 Å². The molecule has 0 N–H and O–H groups in total. The van der Waals surface area contributed by atoms with E-state index < -0.39 is 23.4 Å². The number of rotatable bonds is 3. The average Bonchev–Trinajstić information content (AvgIpc) is 3.15. The number of benzene rings is 2. The number of Topliss-reactive ketones (excluding diaryl/α,β-unsaturated/α-hetero) is 1. The van der Waals surface area contributed by atoms with Gasteiger partial charge in [0.2, 0.25) is 0 Å². The predicted molar refractivity (Wildman–Crippen MR) is 117 cm³/mol. The monoisotopic (exact) mass is 402 g/mol. The summed E-state index contributed by atoms with van der Waals surface area (Å²) in [5.41, 5.74) is 1.63. The number of carbonyl (C=O) groups is 1. The Balaban J connectivity index is 1.79. The summed E-state index contributed by atoms with van der Waals surface area (Å²) in [5.74, 6) is -0.776. The van der Waals surface area contributed by atoms with E-state index in [1.165, 1.54) is 0 Å². The molecule has 5 heteroatoms. The number of nitriles is 2. The number of carbonyl (C=O) groups excluding carboxylic acids is 1. The molecule has 0 aliphatic carbocycles. The van der Waals surface area contributed by atoms with Crippen molar-refractivity contribution < 1.29 is 4.79 Å². The molecule has 2 aliphatic rings. The lowest BCUT2D eigenvalue weighted by Gasteiger charge is -2.35. The van der Waals surface area contributed by atoms with Crippen molar-refractivity contribution in [3.05, 3.63) is 102 Å². The standard InChI is InChI=1S/C26H18N4O/c27-16-26(17-28)22-13-12-18-7-4-5-11-21(18)30(22)24(23(26)20-10-6-14-29-15-20)25(31)19-8-2-1-3-9-19/h1-15,22-24H/t22-,23+,24-/m0/s1. The highest BCUT2D eigenvalue weighted by Crippen LogP contribution is 2.55. The zero-order chi connectivity index (χ0) is 21.4. The summed E-state index contributed by atoms with van der Waals surface area (Å²) in [6.07, 6.45) is 7.13. The van der Waals surface area contributed by atoms with Crippen LogP contribution >= 0.6 is 0 Å². The molecule has 1 saturated heterocycles. The van der Waals surface area contributed by atoms with E-state index in [4.69, 9.17) is 0 Å². The Labute approximate surface area is 180 Å². The molecule has 0 bridgehead atoms. The molecular weight excluding hydrogens is 384 g/mol. The quantitative estimate of drug-likeness (QED) is 0.608. The normalized spacial score (nSPS) is 22.6. The topological polar surface area (TPSA) is 80.8 Å². The van der Waals surface area contributed by atoms with Crippen LogP contribution in [0.4, 0.5) is 5.69 Å². The number of para-hydroxylation sites is 1. The van der Waals surface area contributed by atoms with E-state index in [2.05, 4.69) is 17.1 Å². The highest BCUT2D eigenvalue weighted by molar-refractivity contribution is 6.04. The van der Waals surface area contributed by atoms with Gasteiger partial charge in [-0.15, -0.1) is 0 Å². The summed E-state index contributed by atoms with van der Waals surface area (Å²) < 4.78 is 0. The number of hydrogen-bond donors (Lipinski definition) is 0. The molecule has 1 fully saturated rings. The first-order chi connectivity index (χ1) is 15.2. The third kappa shape index (κ3) is 2.68. The first-order valence-electron chi connectivity index (χ1n) is 10.1. The molecule has 0 spiro atoms. The van der Waals surface area contributed by atoms with Crippen molar-refractivity contribution in [2.75, 3.05) is 4.90 Å². The molecule has 2 aromatic carbocycles. The van der Waals surface area contributed by atoms with Crippen molar-refractivity contribution in [3.8, 4) is 12.1 Å². The van der Waals surface area contributed by atoms with Crippen LogP contribution in [0.2, 0.25) is 0 Å². The molecule has 3 heterocycles. The van der Waals surface area contributed by atoms with E-state index in [0.29, 0.717) is 11.1 Å². The van der Waals surface area contributed by atoms with Gasteiger partial charge in [0.25, 0.3) is 0 Å². The molecule has 5 rings (SSSR count). The van der Waals surface area contributed by atoms with Crippen molar-refractivity contribution in [2.24, 2.45) is 5.41 Å². The Kier molecular flexibility index (Phi) is 4.38. The zero-order valence-electron chi connectivity index (χ0n) is 16.6. The Bertz CT molecular complexity index is 1240. The second-order valence-corrected chi connectivity index (χ2v) is 7.80. The third-order valence-corrected chi connectivity index (χ3v) is 6.29. The minimum atomic E-state index is -1.44. The number of fused-ring (bicyclic) bond motifs is 3. The van der Waals surface area contributed by atoms with Crippen LogP contribution < -0.4 is 4.90 Å². The van der Waals surface area contributed by atoms with Crippen molar-refractivity contribution in [3.63, 3.8) is 0 Å². The van der Waals surface area contributed by atoms with E-state index in [9.17, 15) is 15.3 Å². The van der Waals surface area contributed by atoms with E-state index in [1.807, 2.05) is 65.6 Å². The lowest BCUT2D eigenvalue weighted by Crippen LogP contribution is -2.44. The van der Waals surface area contributed by atoms with Gasteiger partial charge < -0.3 is 4.90 Å². The Hall–Kier alpha value is -4.22. The molecule has 0 amide bonds. The number of pyridine rings is 1. The van der Waals surface area contributed by atoms with Crippen molar-refractivity contribution in [1.29, 1.82) is 10.5 Å². The second kappa shape index (κ2) is 7.23. The molecule has 0 unspecified atom stereocenters. The second-order valence-electron chi connectivity index (χ2n) is 7.80. The number of nitrogens with zero attached hydrogens (tertiary/aromatic N) is 4. The first-order valence-corrected chi connectivity index (χ1v) is 10.1. The van der Waals surface area contributed by atoms with Crippen LogP contribution in [0.3, 0.4) is 0 Å². The summed E-state index contributed by atoms with van der Waals surface area (Å²) >= 11 is 0. The molecule has 0 radical (unpaired) electrons. The summed E-state index contributed by atoms with van der Waals surface area (Å²) in [4.78, 5) is 20.1. The maximum absolute atomic E-state index is 13.9. The Morgan fingerprint density at radius 3 is 2.42 bits per heavy atom. The van der Waals surface area contributed by atoms with E-state index >= 15 is 0 Å². The van der Waals surface area contributed by atoms with Crippen LogP contribution in [0, 0.1) is 28.1 Å². The van der Waals surface area contributed by atoms with Gasteiger partial charge in [0.05, 0.1) is 18.2 Å². The minimum Gasteiger partial charge on any atom is -0.351 e. The van der Waals surface area contributed by atoms with Crippen LogP contribution in [0.1, 0.15) is 27.4 Å². The molecule has 5 nitrogen and oxygen atoms in total. The molecule has 31 heavy (non-hydrogen) atoms. The fourth-order valence-corrected chi connectivity index (χ4v) is 4.94. The molecular formula is C26H18N4O. The maximum Gasteiger partial charge on any atom is 0.185 e. The van der Waals surface area contributed by atoms with Gasteiger partial charge in [-0.3, -0.25) is 9.78 Å². The maximum atomic E-state index is 13.9. The van der Waals surface area contributed by atoms with Crippen LogP contribution in [0.15, 0.2) is 85.2 Å². The molecule has 148 valence electrons. The van der Waals surface area contributed by atoms with Crippen molar-refractivity contribution >= 4 is 17.5 Å². The highest BCUT2D eigenvalue weighted by atomic mass is 16.1. The smallest absolute Gasteiger partial charge is 0.185 e. The summed E-state index contributed by atoms with van der Waals surface area (Å²) in [6, 6.07) is 23.8. The van der Waals surface area contributed by atoms with Crippen molar-refractivity contribution in [2.45, 2.75) is 18.0 Å². The van der Waals surface area contributed by atoms with Gasteiger partial charge in [-0.2, -0.15) is 10.5 Å². The minimum absolute atomic E-state index is 0.114. The van der Waals surface area contributed by atoms with E-state index in [-0.39, 0.29) is 5.78 Å². The lowest BCUT2D eigenvalue weighted by atomic mass is 9.69. The van der Waals surface area contributed by atoms with Crippen LogP contribution in [-0.2, 0) is 0 Å². The fourth-order valence-electron chi connectivity index (χ4n) is 4.94. The molecule has 0 saturated carbocycles. The van der Waals surface area contributed by atoms with Crippen molar-refractivity contribution in [1.82, 2.24) is 4.98 Å². The molecule has 3 atom stereocenters. The average molecular weight is 402 g/mol. The zero-order valence-corrected chi connectivity index (χ0v) is 16.6. The van der Waals surface area contributed by atoms with Gasteiger partial charge in [0.1, 0.15) is 6.04 Å². The van der Waals surface area contributed by atoms with Gasteiger partial charge in [0.15, 0.2) is 11.2 Å².